The predicted molar refractivity (Wildman–Crippen MR) is 71.7 cm³/mol. The Morgan fingerprint density at radius 2 is 2.12 bits per heavy atom. The first-order valence-corrected chi connectivity index (χ1v) is 7.24. The summed E-state index contributed by atoms with van der Waals surface area (Å²) in [6, 6.07) is 0.0369. The number of nitrogens with one attached hydrogen (secondary N) is 1. The highest BCUT2D eigenvalue weighted by Crippen LogP contribution is 2.28. The van der Waals surface area contributed by atoms with E-state index in [2.05, 4.69) is 12.2 Å². The summed E-state index contributed by atoms with van der Waals surface area (Å²) < 4.78 is 0. The van der Waals surface area contributed by atoms with E-state index < -0.39 is 0 Å². The molecule has 100 valence electrons. The van der Waals surface area contributed by atoms with E-state index in [1.807, 2.05) is 0 Å². The summed E-state index contributed by atoms with van der Waals surface area (Å²) >= 11 is 0. The van der Waals surface area contributed by atoms with E-state index in [9.17, 15) is 4.79 Å². The summed E-state index contributed by atoms with van der Waals surface area (Å²) in [5.74, 6) is 1.05. The molecular weight excluding hydrogens is 212 g/mol. The number of nitrogens with two attached hydrogens (primary N) is 1. The van der Waals surface area contributed by atoms with E-state index in [1.165, 1.54) is 32.1 Å². The standard InChI is InChI=1S/C14H28N2O/c1-2-6-13(15)11-14(17)16-10-5-9-12-7-3-4-8-12/h12-13H,2-11,15H2,1H3,(H,16,17). The molecule has 3 heteroatoms. The molecule has 0 aromatic heterocycles. The second-order valence-corrected chi connectivity index (χ2v) is 5.40. The van der Waals surface area contributed by atoms with Crippen molar-refractivity contribution in [3.8, 4) is 0 Å². The Balaban J connectivity index is 1.95. The molecule has 1 saturated carbocycles. The monoisotopic (exact) mass is 240 g/mol. The van der Waals surface area contributed by atoms with Crippen molar-refractivity contribution >= 4 is 5.91 Å². The Morgan fingerprint density at radius 3 is 2.76 bits per heavy atom. The van der Waals surface area contributed by atoms with Crippen LogP contribution in [0.5, 0.6) is 0 Å². The Hall–Kier alpha value is -0.570. The van der Waals surface area contributed by atoms with E-state index in [0.717, 1.165) is 31.7 Å². The number of rotatable bonds is 8. The predicted octanol–water partition coefficient (Wildman–Crippen LogP) is 2.59. The summed E-state index contributed by atoms with van der Waals surface area (Å²) in [7, 11) is 0. The fourth-order valence-electron chi connectivity index (χ4n) is 2.70. The molecule has 3 N–H and O–H groups in total. The van der Waals surface area contributed by atoms with Crippen LogP contribution in [0.3, 0.4) is 0 Å². The topological polar surface area (TPSA) is 55.1 Å². The highest BCUT2D eigenvalue weighted by molar-refractivity contribution is 5.76. The van der Waals surface area contributed by atoms with Gasteiger partial charge in [0, 0.05) is 19.0 Å². The lowest BCUT2D eigenvalue weighted by Gasteiger charge is -2.11. The molecule has 1 fully saturated rings. The lowest BCUT2D eigenvalue weighted by atomic mass is 10.0. The lowest BCUT2D eigenvalue weighted by Crippen LogP contribution is -2.32. The molecule has 0 aromatic rings. The van der Waals surface area contributed by atoms with Gasteiger partial charge in [0.15, 0.2) is 0 Å². The molecule has 0 spiro atoms. The van der Waals surface area contributed by atoms with Crippen LogP contribution in [-0.4, -0.2) is 18.5 Å². The van der Waals surface area contributed by atoms with Crippen molar-refractivity contribution in [1.29, 1.82) is 0 Å². The van der Waals surface area contributed by atoms with Crippen LogP contribution in [-0.2, 0) is 4.79 Å². The van der Waals surface area contributed by atoms with Crippen LogP contribution in [0.1, 0.15) is 64.7 Å². The maximum atomic E-state index is 11.5. The molecule has 1 atom stereocenters. The molecule has 1 amide bonds. The molecule has 0 aromatic carbocycles. The zero-order chi connectivity index (χ0) is 12.5. The van der Waals surface area contributed by atoms with Crippen molar-refractivity contribution in [1.82, 2.24) is 5.32 Å². The van der Waals surface area contributed by atoms with Crippen molar-refractivity contribution in [2.24, 2.45) is 11.7 Å². The molecule has 0 radical (unpaired) electrons. The highest BCUT2D eigenvalue weighted by Gasteiger charge is 2.14. The average Bonchev–Trinajstić information content (AvgIpc) is 2.77. The van der Waals surface area contributed by atoms with E-state index in [1.54, 1.807) is 0 Å². The van der Waals surface area contributed by atoms with E-state index >= 15 is 0 Å². The smallest absolute Gasteiger partial charge is 0.221 e. The van der Waals surface area contributed by atoms with Gasteiger partial charge in [-0.25, -0.2) is 0 Å². The van der Waals surface area contributed by atoms with Gasteiger partial charge in [-0.3, -0.25) is 4.79 Å². The molecule has 0 aliphatic heterocycles. The van der Waals surface area contributed by atoms with Gasteiger partial charge in [0.2, 0.25) is 5.91 Å². The van der Waals surface area contributed by atoms with Gasteiger partial charge in [0.25, 0.3) is 0 Å². The Bertz CT molecular complexity index is 212. The van der Waals surface area contributed by atoms with Gasteiger partial charge in [0.1, 0.15) is 0 Å². The van der Waals surface area contributed by atoms with Crippen molar-refractivity contribution in [3.63, 3.8) is 0 Å². The molecule has 1 rings (SSSR count). The summed E-state index contributed by atoms with van der Waals surface area (Å²) in [5, 5.41) is 2.98. The first-order chi connectivity index (χ1) is 8.22. The van der Waals surface area contributed by atoms with Gasteiger partial charge in [-0.05, 0) is 25.2 Å². The summed E-state index contributed by atoms with van der Waals surface area (Å²) in [4.78, 5) is 11.5. The Labute approximate surface area is 106 Å². The largest absolute Gasteiger partial charge is 0.356 e. The molecule has 1 aliphatic rings. The molecule has 1 unspecified atom stereocenters. The third-order valence-corrected chi connectivity index (χ3v) is 3.69. The van der Waals surface area contributed by atoms with Crippen LogP contribution in [0.15, 0.2) is 0 Å². The average molecular weight is 240 g/mol. The number of hydrogen-bond acceptors (Lipinski definition) is 2. The van der Waals surface area contributed by atoms with Gasteiger partial charge in [-0.15, -0.1) is 0 Å². The summed E-state index contributed by atoms with van der Waals surface area (Å²) in [6.07, 6.45) is 10.5. The van der Waals surface area contributed by atoms with Crippen LogP contribution in [0, 0.1) is 5.92 Å². The molecule has 0 heterocycles. The van der Waals surface area contributed by atoms with Crippen LogP contribution in [0.2, 0.25) is 0 Å². The van der Waals surface area contributed by atoms with Crippen molar-refractivity contribution < 1.29 is 4.79 Å². The number of amides is 1. The molecule has 3 nitrogen and oxygen atoms in total. The first-order valence-electron chi connectivity index (χ1n) is 7.24. The Kier molecular flexibility index (Phi) is 7.25. The number of hydrogen-bond donors (Lipinski definition) is 2. The van der Waals surface area contributed by atoms with E-state index in [4.69, 9.17) is 5.73 Å². The summed E-state index contributed by atoms with van der Waals surface area (Å²) in [5.41, 5.74) is 5.83. The van der Waals surface area contributed by atoms with Crippen LogP contribution < -0.4 is 11.1 Å². The van der Waals surface area contributed by atoms with Gasteiger partial charge in [-0.2, -0.15) is 0 Å². The van der Waals surface area contributed by atoms with Gasteiger partial charge in [0.05, 0.1) is 0 Å². The third kappa shape index (κ3) is 6.67. The lowest BCUT2D eigenvalue weighted by molar-refractivity contribution is -0.121. The van der Waals surface area contributed by atoms with Crippen molar-refractivity contribution in [2.45, 2.75) is 70.8 Å². The zero-order valence-electron chi connectivity index (χ0n) is 11.2. The zero-order valence-corrected chi connectivity index (χ0v) is 11.2. The maximum Gasteiger partial charge on any atom is 0.221 e. The minimum atomic E-state index is 0.0369. The normalized spacial score (nSPS) is 18.2. The molecule has 0 saturated heterocycles. The number of carbonyl (C=O) groups excluding carboxylic acids is 1. The minimum Gasteiger partial charge on any atom is -0.356 e. The van der Waals surface area contributed by atoms with Crippen molar-refractivity contribution in [3.05, 3.63) is 0 Å². The maximum absolute atomic E-state index is 11.5. The quantitative estimate of drug-likeness (QED) is 0.641. The molecular formula is C14H28N2O. The van der Waals surface area contributed by atoms with Crippen LogP contribution in [0.25, 0.3) is 0 Å². The molecule has 1 aliphatic carbocycles. The van der Waals surface area contributed by atoms with Crippen LogP contribution in [0.4, 0.5) is 0 Å². The fourth-order valence-corrected chi connectivity index (χ4v) is 2.70. The van der Waals surface area contributed by atoms with Gasteiger partial charge < -0.3 is 11.1 Å². The van der Waals surface area contributed by atoms with Gasteiger partial charge in [-0.1, -0.05) is 39.0 Å². The third-order valence-electron chi connectivity index (χ3n) is 3.69. The molecule has 17 heavy (non-hydrogen) atoms. The van der Waals surface area contributed by atoms with Crippen molar-refractivity contribution in [2.75, 3.05) is 6.54 Å². The number of carbonyl (C=O) groups is 1. The van der Waals surface area contributed by atoms with E-state index in [0.29, 0.717) is 6.42 Å². The second-order valence-electron chi connectivity index (χ2n) is 5.40. The fraction of sp³-hybridized carbons (Fsp3) is 0.929. The molecule has 0 bridgehead atoms. The second kappa shape index (κ2) is 8.51. The van der Waals surface area contributed by atoms with Gasteiger partial charge >= 0.3 is 0 Å². The Morgan fingerprint density at radius 1 is 1.41 bits per heavy atom. The highest BCUT2D eigenvalue weighted by atomic mass is 16.1. The summed E-state index contributed by atoms with van der Waals surface area (Å²) in [6.45, 7) is 2.92. The first kappa shape index (κ1) is 14.5. The minimum absolute atomic E-state index is 0.0369. The SMILES string of the molecule is CCCC(N)CC(=O)NCCCC1CCCC1. The van der Waals surface area contributed by atoms with E-state index in [-0.39, 0.29) is 11.9 Å². The van der Waals surface area contributed by atoms with Crippen LogP contribution >= 0.6 is 0 Å².